The van der Waals surface area contributed by atoms with Gasteiger partial charge < -0.3 is 4.74 Å². The third-order valence-electron chi connectivity index (χ3n) is 3.23. The Hall–Kier alpha value is -0.340. The average molecular weight is 283 g/mol. The molecule has 0 aliphatic heterocycles. The van der Waals surface area contributed by atoms with E-state index in [2.05, 4.69) is 47.1 Å². The van der Waals surface area contributed by atoms with Crippen molar-refractivity contribution >= 4 is 15.9 Å². The van der Waals surface area contributed by atoms with Crippen LogP contribution in [-0.2, 0) is 11.2 Å². The second-order valence-corrected chi connectivity index (χ2v) is 5.45. The van der Waals surface area contributed by atoms with E-state index in [1.54, 1.807) is 0 Å². The smallest absolute Gasteiger partial charge is 0.0469 e. The van der Waals surface area contributed by atoms with Gasteiger partial charge in [0.1, 0.15) is 0 Å². The van der Waals surface area contributed by atoms with Crippen LogP contribution < -0.4 is 0 Å². The Kier molecular flexibility index (Phi) is 4.42. The highest BCUT2D eigenvalue weighted by Gasteiger charge is 2.29. The molecule has 2 heteroatoms. The van der Waals surface area contributed by atoms with Crippen LogP contribution in [0.4, 0.5) is 0 Å². The molecule has 1 aromatic rings. The Labute approximate surface area is 106 Å². The number of rotatable bonds is 5. The second kappa shape index (κ2) is 5.83. The van der Waals surface area contributed by atoms with Gasteiger partial charge in [-0.05, 0) is 36.3 Å². The van der Waals surface area contributed by atoms with Crippen molar-refractivity contribution in [2.45, 2.75) is 31.0 Å². The highest BCUT2D eigenvalue weighted by atomic mass is 79.9. The van der Waals surface area contributed by atoms with Crippen LogP contribution in [0, 0.1) is 5.92 Å². The molecule has 16 heavy (non-hydrogen) atoms. The Morgan fingerprint density at radius 3 is 2.88 bits per heavy atom. The first-order valence-corrected chi connectivity index (χ1v) is 7.04. The molecule has 2 unspecified atom stereocenters. The molecule has 0 radical (unpaired) electrons. The number of benzene rings is 1. The van der Waals surface area contributed by atoms with Gasteiger partial charge in [-0.1, -0.05) is 47.1 Å². The summed E-state index contributed by atoms with van der Waals surface area (Å²) in [5.74, 6) is 0.703. The fourth-order valence-corrected chi connectivity index (χ4v) is 3.26. The van der Waals surface area contributed by atoms with Gasteiger partial charge in [0.25, 0.3) is 0 Å². The quantitative estimate of drug-likeness (QED) is 0.583. The lowest BCUT2D eigenvalue weighted by Gasteiger charge is -2.14. The number of ether oxygens (including phenoxy) is 1. The molecule has 0 aromatic heterocycles. The molecule has 0 amide bonds. The summed E-state index contributed by atoms with van der Waals surface area (Å²) in [6, 6.07) is 8.75. The molecule has 1 nitrogen and oxygen atoms in total. The fraction of sp³-hybridized carbons (Fsp3) is 0.571. The van der Waals surface area contributed by atoms with Crippen LogP contribution in [0.3, 0.4) is 0 Å². The third kappa shape index (κ3) is 2.67. The van der Waals surface area contributed by atoms with Crippen molar-refractivity contribution in [1.29, 1.82) is 0 Å². The van der Waals surface area contributed by atoms with Crippen molar-refractivity contribution in [1.82, 2.24) is 0 Å². The minimum absolute atomic E-state index is 0.522. The van der Waals surface area contributed by atoms with Gasteiger partial charge in [0.2, 0.25) is 0 Å². The van der Waals surface area contributed by atoms with Gasteiger partial charge in [-0.15, -0.1) is 0 Å². The van der Waals surface area contributed by atoms with E-state index in [0.29, 0.717) is 10.7 Å². The summed E-state index contributed by atoms with van der Waals surface area (Å²) in [5, 5.41) is 0. The number of fused-ring (bicyclic) bond motifs is 1. The monoisotopic (exact) mass is 282 g/mol. The van der Waals surface area contributed by atoms with E-state index >= 15 is 0 Å². The zero-order chi connectivity index (χ0) is 11.4. The van der Waals surface area contributed by atoms with Crippen molar-refractivity contribution < 1.29 is 4.74 Å². The lowest BCUT2D eigenvalue weighted by atomic mass is 10.0. The maximum absolute atomic E-state index is 5.57. The summed E-state index contributed by atoms with van der Waals surface area (Å²) in [6.07, 6.45) is 3.47. The summed E-state index contributed by atoms with van der Waals surface area (Å²) in [6.45, 7) is 3.94. The number of halogens is 1. The van der Waals surface area contributed by atoms with Crippen LogP contribution in [-0.4, -0.2) is 13.2 Å². The average Bonchev–Trinajstić information content (AvgIpc) is 2.63. The van der Waals surface area contributed by atoms with Gasteiger partial charge in [0.15, 0.2) is 0 Å². The number of alkyl halides is 1. The summed E-state index contributed by atoms with van der Waals surface area (Å²) in [4.78, 5) is 0.522. The molecule has 0 spiro atoms. The van der Waals surface area contributed by atoms with Crippen molar-refractivity contribution in [3.8, 4) is 0 Å². The van der Waals surface area contributed by atoms with Crippen LogP contribution in [0.25, 0.3) is 0 Å². The molecule has 0 saturated carbocycles. The molecule has 1 aromatic carbocycles. The van der Waals surface area contributed by atoms with Crippen LogP contribution in [0.2, 0.25) is 0 Å². The Morgan fingerprint density at radius 1 is 1.31 bits per heavy atom. The summed E-state index contributed by atoms with van der Waals surface area (Å²) >= 11 is 3.82. The van der Waals surface area contributed by atoms with Crippen molar-refractivity contribution in [2.24, 2.45) is 5.92 Å². The number of hydrogen-bond acceptors (Lipinski definition) is 1. The van der Waals surface area contributed by atoms with E-state index in [0.717, 1.165) is 26.1 Å². The molecule has 1 aliphatic rings. The number of hydrogen-bond donors (Lipinski definition) is 0. The minimum atomic E-state index is 0.522. The zero-order valence-electron chi connectivity index (χ0n) is 9.79. The Bertz CT molecular complexity index is 337. The van der Waals surface area contributed by atoms with Crippen molar-refractivity contribution in [2.75, 3.05) is 13.2 Å². The second-order valence-electron chi connectivity index (χ2n) is 4.47. The maximum Gasteiger partial charge on any atom is 0.0469 e. The standard InChI is InChI=1S/C14H19BrO/c1-2-8-16-9-7-12-10-11-5-3-4-6-13(11)14(12)15/h3-6,12,14H,2,7-10H2,1H3. The van der Waals surface area contributed by atoms with E-state index in [1.807, 2.05) is 0 Å². The van der Waals surface area contributed by atoms with Gasteiger partial charge >= 0.3 is 0 Å². The molecule has 88 valence electrons. The van der Waals surface area contributed by atoms with Crippen LogP contribution in [0.1, 0.15) is 35.7 Å². The van der Waals surface area contributed by atoms with Gasteiger partial charge in [0, 0.05) is 18.0 Å². The Morgan fingerprint density at radius 2 is 2.12 bits per heavy atom. The van der Waals surface area contributed by atoms with Gasteiger partial charge in [0.05, 0.1) is 0 Å². The first-order valence-electron chi connectivity index (χ1n) is 6.12. The van der Waals surface area contributed by atoms with E-state index < -0.39 is 0 Å². The van der Waals surface area contributed by atoms with Crippen molar-refractivity contribution in [3.05, 3.63) is 35.4 Å². The van der Waals surface area contributed by atoms with Crippen LogP contribution >= 0.6 is 15.9 Å². The van der Waals surface area contributed by atoms with E-state index in [-0.39, 0.29) is 0 Å². The third-order valence-corrected chi connectivity index (χ3v) is 4.47. The minimum Gasteiger partial charge on any atom is -0.381 e. The molecule has 2 atom stereocenters. The first-order chi connectivity index (χ1) is 7.83. The molecule has 1 aliphatic carbocycles. The van der Waals surface area contributed by atoms with Crippen molar-refractivity contribution in [3.63, 3.8) is 0 Å². The maximum atomic E-state index is 5.57. The zero-order valence-corrected chi connectivity index (χ0v) is 11.4. The topological polar surface area (TPSA) is 9.23 Å². The lowest BCUT2D eigenvalue weighted by molar-refractivity contribution is 0.121. The summed E-state index contributed by atoms with van der Waals surface area (Å²) < 4.78 is 5.57. The molecule has 0 heterocycles. The van der Waals surface area contributed by atoms with Crippen LogP contribution in [0.15, 0.2) is 24.3 Å². The highest BCUT2D eigenvalue weighted by Crippen LogP contribution is 2.43. The largest absolute Gasteiger partial charge is 0.381 e. The van der Waals surface area contributed by atoms with Gasteiger partial charge in [-0.2, -0.15) is 0 Å². The predicted octanol–water partition coefficient (Wildman–Crippen LogP) is 4.11. The van der Waals surface area contributed by atoms with Crippen LogP contribution in [0.5, 0.6) is 0 Å². The van der Waals surface area contributed by atoms with Gasteiger partial charge in [-0.3, -0.25) is 0 Å². The molecule has 0 fully saturated rings. The fourth-order valence-electron chi connectivity index (χ4n) is 2.36. The molecular formula is C14H19BrO. The Balaban J connectivity index is 1.87. The molecule has 2 rings (SSSR count). The van der Waals surface area contributed by atoms with E-state index in [9.17, 15) is 0 Å². The molecule has 0 bridgehead atoms. The summed E-state index contributed by atoms with van der Waals surface area (Å²) in [7, 11) is 0. The molecule has 0 saturated heterocycles. The molecular weight excluding hydrogens is 264 g/mol. The lowest BCUT2D eigenvalue weighted by Crippen LogP contribution is -2.07. The van der Waals surface area contributed by atoms with E-state index in [1.165, 1.54) is 17.5 Å². The normalized spacial score (nSPS) is 23.4. The SMILES string of the molecule is CCCOCCC1Cc2ccccc2C1Br. The highest BCUT2D eigenvalue weighted by molar-refractivity contribution is 9.09. The molecule has 0 N–H and O–H groups in total. The first kappa shape index (κ1) is 12.1. The summed E-state index contributed by atoms with van der Waals surface area (Å²) in [5.41, 5.74) is 2.98. The predicted molar refractivity (Wildman–Crippen MR) is 71.0 cm³/mol. The van der Waals surface area contributed by atoms with Gasteiger partial charge in [-0.25, -0.2) is 0 Å². The van der Waals surface area contributed by atoms with E-state index in [4.69, 9.17) is 4.74 Å².